The van der Waals surface area contributed by atoms with E-state index < -0.39 is 0 Å². The van der Waals surface area contributed by atoms with Gasteiger partial charge in [0.05, 0.1) is 23.2 Å². The quantitative estimate of drug-likeness (QED) is 0.668. The molecule has 2 aromatic rings. The van der Waals surface area contributed by atoms with Crippen molar-refractivity contribution in [2.75, 3.05) is 0 Å². The highest BCUT2D eigenvalue weighted by Crippen LogP contribution is 2.47. The van der Waals surface area contributed by atoms with Crippen LogP contribution in [0.1, 0.15) is 38.4 Å². The van der Waals surface area contributed by atoms with Gasteiger partial charge in [0.2, 0.25) is 0 Å². The summed E-state index contributed by atoms with van der Waals surface area (Å²) in [6, 6.07) is 13.5. The molecule has 164 valence electrons. The molecule has 6 unspecified atom stereocenters. The molecule has 1 aliphatic carbocycles. The molecule has 6 atom stereocenters. The predicted molar refractivity (Wildman–Crippen MR) is 119 cm³/mol. The fourth-order valence-corrected chi connectivity index (χ4v) is 5.11. The lowest BCUT2D eigenvalue weighted by atomic mass is 9.65. The number of hydrogen-bond donors (Lipinski definition) is 0. The Hall–Kier alpha value is -3.46. The van der Waals surface area contributed by atoms with Gasteiger partial charge in [-0.3, -0.25) is 14.6 Å². The van der Waals surface area contributed by atoms with Crippen molar-refractivity contribution in [3.05, 3.63) is 59.9 Å². The van der Waals surface area contributed by atoms with Crippen LogP contribution in [0.5, 0.6) is 0 Å². The van der Waals surface area contributed by atoms with Crippen LogP contribution in [0.4, 0.5) is 0 Å². The molecule has 1 aromatic carbocycles. The number of hydrogen-bond acceptors (Lipinski definition) is 6. The van der Waals surface area contributed by atoms with Gasteiger partial charge in [-0.25, -0.2) is 0 Å². The molecule has 2 fully saturated rings. The summed E-state index contributed by atoms with van der Waals surface area (Å²) in [5.41, 5.74) is 3.11. The van der Waals surface area contributed by atoms with Gasteiger partial charge in [0.25, 0.3) is 0 Å². The summed E-state index contributed by atoms with van der Waals surface area (Å²) in [5.74, 6) is -0.697. The van der Waals surface area contributed by atoms with E-state index in [2.05, 4.69) is 24.1 Å². The number of allylic oxidation sites excluding steroid dienone is 1. The van der Waals surface area contributed by atoms with Crippen LogP contribution >= 0.6 is 0 Å². The standard InChI is InChI=1S/C26H26N2O4/c1-15-21(25-16(2)31-26(30)23(25)12-24(15)32-17(3)29)11-10-20-9-8-19(14-28-20)22-7-5-4-6-18(22)13-27/h4-11,14-16,21,23-25H,12H2,1-3H3. The summed E-state index contributed by atoms with van der Waals surface area (Å²) >= 11 is 0. The van der Waals surface area contributed by atoms with E-state index in [1.807, 2.05) is 43.3 Å². The molecule has 1 saturated carbocycles. The van der Waals surface area contributed by atoms with Gasteiger partial charge >= 0.3 is 11.9 Å². The van der Waals surface area contributed by atoms with Gasteiger partial charge in [0.15, 0.2) is 0 Å². The van der Waals surface area contributed by atoms with E-state index in [1.165, 1.54) is 6.92 Å². The first-order chi connectivity index (χ1) is 15.4. The highest BCUT2D eigenvalue weighted by molar-refractivity contribution is 5.76. The Labute approximate surface area is 187 Å². The second-order valence-corrected chi connectivity index (χ2v) is 8.63. The van der Waals surface area contributed by atoms with Gasteiger partial charge in [-0.2, -0.15) is 5.26 Å². The second kappa shape index (κ2) is 8.96. The average Bonchev–Trinajstić information content (AvgIpc) is 3.06. The Morgan fingerprint density at radius 3 is 2.72 bits per heavy atom. The molecule has 0 spiro atoms. The lowest BCUT2D eigenvalue weighted by Gasteiger charge is -2.40. The Bertz CT molecular complexity index is 1090. The maximum absolute atomic E-state index is 12.4. The third-order valence-corrected chi connectivity index (χ3v) is 6.69. The summed E-state index contributed by atoms with van der Waals surface area (Å²) in [5, 5.41) is 9.33. The molecular formula is C26H26N2O4. The summed E-state index contributed by atoms with van der Waals surface area (Å²) in [4.78, 5) is 28.5. The van der Waals surface area contributed by atoms with Crippen molar-refractivity contribution in [3.63, 3.8) is 0 Å². The normalized spacial score (nSPS) is 29.2. The van der Waals surface area contributed by atoms with Crippen LogP contribution < -0.4 is 0 Å². The largest absolute Gasteiger partial charge is 0.462 e. The Kier molecular flexibility index (Phi) is 6.09. The Morgan fingerprint density at radius 1 is 1.25 bits per heavy atom. The van der Waals surface area contributed by atoms with Crippen molar-refractivity contribution in [3.8, 4) is 17.2 Å². The molecule has 32 heavy (non-hydrogen) atoms. The fraction of sp³-hybridized carbons (Fsp3) is 0.385. The maximum Gasteiger partial charge on any atom is 0.309 e. The zero-order valence-corrected chi connectivity index (χ0v) is 18.4. The number of nitrogens with zero attached hydrogens (tertiary/aromatic N) is 2. The van der Waals surface area contributed by atoms with Crippen LogP contribution in [0.2, 0.25) is 0 Å². The van der Waals surface area contributed by atoms with E-state index in [1.54, 1.807) is 12.3 Å². The van der Waals surface area contributed by atoms with Gasteiger partial charge in [-0.05, 0) is 43.4 Å². The van der Waals surface area contributed by atoms with Crippen molar-refractivity contribution in [1.82, 2.24) is 4.98 Å². The van der Waals surface area contributed by atoms with Crippen LogP contribution in [0.3, 0.4) is 0 Å². The Balaban J connectivity index is 1.58. The van der Waals surface area contributed by atoms with Gasteiger partial charge in [-0.1, -0.05) is 37.3 Å². The van der Waals surface area contributed by atoms with E-state index in [4.69, 9.17) is 9.47 Å². The number of benzene rings is 1. The molecule has 0 radical (unpaired) electrons. The van der Waals surface area contributed by atoms with Crippen LogP contribution in [0.25, 0.3) is 17.2 Å². The van der Waals surface area contributed by atoms with Crippen molar-refractivity contribution in [1.29, 1.82) is 5.26 Å². The maximum atomic E-state index is 12.4. The van der Waals surface area contributed by atoms with Crippen LogP contribution in [0, 0.1) is 35.0 Å². The molecular weight excluding hydrogens is 404 g/mol. The SMILES string of the molecule is CC(=O)OC1CC2C(=O)OC(C)C2C(C=Cc2ccc(-c3ccccc3C#N)cn2)C1C. The van der Waals surface area contributed by atoms with Crippen LogP contribution in [0.15, 0.2) is 48.7 Å². The lowest BCUT2D eigenvalue weighted by molar-refractivity contribution is -0.156. The number of pyridine rings is 1. The minimum absolute atomic E-state index is 0.0142. The minimum atomic E-state index is -0.336. The molecule has 0 bridgehead atoms. The smallest absolute Gasteiger partial charge is 0.309 e. The molecule has 6 heteroatoms. The highest BCUT2D eigenvalue weighted by Gasteiger charge is 2.53. The molecule has 0 N–H and O–H groups in total. The first-order valence-corrected chi connectivity index (χ1v) is 10.9. The summed E-state index contributed by atoms with van der Waals surface area (Å²) in [6.07, 6.45) is 5.78. The van der Waals surface area contributed by atoms with E-state index in [-0.39, 0.29) is 47.8 Å². The van der Waals surface area contributed by atoms with Crippen molar-refractivity contribution >= 4 is 18.0 Å². The molecule has 6 nitrogen and oxygen atoms in total. The summed E-state index contributed by atoms with van der Waals surface area (Å²) in [6.45, 7) is 5.39. The predicted octanol–water partition coefficient (Wildman–Crippen LogP) is 4.40. The minimum Gasteiger partial charge on any atom is -0.462 e. The van der Waals surface area contributed by atoms with Crippen LogP contribution in [-0.2, 0) is 19.1 Å². The molecule has 0 amide bonds. The topological polar surface area (TPSA) is 89.3 Å². The molecule has 1 aromatic heterocycles. The number of rotatable bonds is 4. The molecule has 1 saturated heterocycles. The molecule has 2 heterocycles. The number of aromatic nitrogens is 1. The number of cyclic esters (lactones) is 1. The number of carbonyl (C=O) groups is 2. The number of fused-ring (bicyclic) bond motifs is 1. The molecule has 4 rings (SSSR count). The zero-order valence-electron chi connectivity index (χ0n) is 18.4. The van der Waals surface area contributed by atoms with Crippen molar-refractivity contribution < 1.29 is 19.1 Å². The Morgan fingerprint density at radius 2 is 2.03 bits per heavy atom. The van der Waals surface area contributed by atoms with Gasteiger partial charge < -0.3 is 9.47 Å². The average molecular weight is 431 g/mol. The second-order valence-electron chi connectivity index (χ2n) is 8.63. The first kappa shape index (κ1) is 21.8. The molecule has 1 aliphatic heterocycles. The van der Waals surface area contributed by atoms with Crippen LogP contribution in [-0.4, -0.2) is 29.1 Å². The number of ether oxygens (including phenoxy) is 2. The highest BCUT2D eigenvalue weighted by atomic mass is 16.6. The summed E-state index contributed by atoms with van der Waals surface area (Å²) in [7, 11) is 0. The van der Waals surface area contributed by atoms with Gasteiger partial charge in [-0.15, -0.1) is 0 Å². The van der Waals surface area contributed by atoms with E-state index in [0.29, 0.717) is 12.0 Å². The summed E-state index contributed by atoms with van der Waals surface area (Å²) < 4.78 is 11.1. The molecule has 2 aliphatic rings. The number of nitriles is 1. The fourth-order valence-electron chi connectivity index (χ4n) is 5.11. The monoisotopic (exact) mass is 430 g/mol. The van der Waals surface area contributed by atoms with Gasteiger partial charge in [0, 0.05) is 30.2 Å². The first-order valence-electron chi connectivity index (χ1n) is 10.9. The van der Waals surface area contributed by atoms with E-state index >= 15 is 0 Å². The van der Waals surface area contributed by atoms with Gasteiger partial charge in [0.1, 0.15) is 12.2 Å². The number of carbonyl (C=O) groups excluding carboxylic acids is 2. The van der Waals surface area contributed by atoms with Crippen molar-refractivity contribution in [2.24, 2.45) is 23.7 Å². The van der Waals surface area contributed by atoms with Crippen molar-refractivity contribution in [2.45, 2.75) is 39.4 Å². The van der Waals surface area contributed by atoms with E-state index in [9.17, 15) is 14.9 Å². The lowest BCUT2D eigenvalue weighted by Crippen LogP contribution is -2.44. The number of esters is 2. The third-order valence-electron chi connectivity index (χ3n) is 6.69. The third kappa shape index (κ3) is 4.16. The van der Waals surface area contributed by atoms with E-state index in [0.717, 1.165) is 16.8 Å². The zero-order chi connectivity index (χ0) is 22.8.